The minimum atomic E-state index is -4.45. The number of hydrogen-bond donors (Lipinski definition) is 0. The van der Waals surface area contributed by atoms with Crippen molar-refractivity contribution in [1.82, 2.24) is 3.93 Å². The molecule has 0 aliphatic heterocycles. The van der Waals surface area contributed by atoms with Gasteiger partial charge in [0.05, 0.1) is 16.1 Å². The maximum atomic E-state index is 12.1. The molecule has 0 aliphatic carbocycles. The van der Waals surface area contributed by atoms with Crippen LogP contribution in [0.5, 0.6) is 0 Å². The second kappa shape index (κ2) is 7.97. The highest BCUT2D eigenvalue weighted by atomic mass is 79.9. The van der Waals surface area contributed by atoms with E-state index in [9.17, 15) is 18.0 Å². The van der Waals surface area contributed by atoms with Crippen molar-refractivity contribution < 1.29 is 22.7 Å². The van der Waals surface area contributed by atoms with Crippen LogP contribution in [-0.2, 0) is 4.74 Å². The third-order valence-electron chi connectivity index (χ3n) is 2.25. The molecule has 1 amide bonds. The Bertz CT molecular complexity index is 273. The van der Waals surface area contributed by atoms with Crippen LogP contribution in [0.4, 0.5) is 18.0 Å². The maximum Gasteiger partial charge on any atom is 0.420 e. The van der Waals surface area contributed by atoms with Crippen LogP contribution >= 0.6 is 16.1 Å². The van der Waals surface area contributed by atoms with Crippen LogP contribution in [0.25, 0.3) is 0 Å². The topological polar surface area (TPSA) is 29.5 Å². The molecule has 7 heteroatoms. The summed E-state index contributed by atoms with van der Waals surface area (Å²) in [5.41, 5.74) is 0. The Morgan fingerprint density at radius 1 is 1.16 bits per heavy atom. The predicted molar refractivity (Wildman–Crippen MR) is 70.9 cm³/mol. The Hall–Kier alpha value is -0.460. The molecule has 3 nitrogen and oxygen atoms in total. The summed E-state index contributed by atoms with van der Waals surface area (Å²) in [7, 11) is 0. The van der Waals surface area contributed by atoms with Crippen molar-refractivity contribution in [3.63, 3.8) is 0 Å². The van der Waals surface area contributed by atoms with Gasteiger partial charge in [-0.25, -0.2) is 8.72 Å². The molecule has 0 saturated heterocycles. The minimum absolute atomic E-state index is 0.308. The molecule has 0 radical (unpaired) electrons. The first kappa shape index (κ1) is 18.5. The summed E-state index contributed by atoms with van der Waals surface area (Å²) < 4.78 is 41.9. The molecule has 0 aromatic carbocycles. The van der Waals surface area contributed by atoms with Gasteiger partial charge in [0.15, 0.2) is 0 Å². The predicted octanol–water partition coefficient (Wildman–Crippen LogP) is 4.76. The number of rotatable bonds is 6. The molecule has 0 aromatic heterocycles. The quantitative estimate of drug-likeness (QED) is 0.648. The lowest BCUT2D eigenvalue weighted by Crippen LogP contribution is -2.34. The Morgan fingerprint density at radius 3 is 1.89 bits per heavy atom. The van der Waals surface area contributed by atoms with Crippen LogP contribution in [-0.4, -0.2) is 28.8 Å². The number of carbonyl (C=O) groups is 1. The highest BCUT2D eigenvalue weighted by Crippen LogP contribution is 2.22. The fourth-order valence-corrected chi connectivity index (χ4v) is 2.03. The lowest BCUT2D eigenvalue weighted by Gasteiger charge is -2.24. The summed E-state index contributed by atoms with van der Waals surface area (Å²) in [6, 6.07) is 0. The van der Waals surface area contributed by atoms with Crippen LogP contribution in [0.1, 0.15) is 40.5 Å². The van der Waals surface area contributed by atoms with E-state index in [1.807, 2.05) is 27.7 Å². The van der Waals surface area contributed by atoms with Crippen LogP contribution < -0.4 is 0 Å². The second-order valence-corrected chi connectivity index (χ2v) is 6.26. The first-order valence-corrected chi connectivity index (χ1v) is 6.92. The Balaban J connectivity index is 4.44. The van der Waals surface area contributed by atoms with Gasteiger partial charge in [-0.2, -0.15) is 13.2 Å². The molecule has 0 N–H and O–H groups in total. The van der Waals surface area contributed by atoms with E-state index in [0.717, 1.165) is 0 Å². The van der Waals surface area contributed by atoms with Crippen molar-refractivity contribution in [1.29, 1.82) is 0 Å². The van der Waals surface area contributed by atoms with Gasteiger partial charge in [0, 0.05) is 0 Å². The molecule has 114 valence electrons. The average Bonchev–Trinajstić information content (AvgIpc) is 2.11. The number of carbonyl (C=O) groups excluding carboxylic acids is 1. The molecule has 0 saturated carbocycles. The fourth-order valence-electron chi connectivity index (χ4n) is 1.67. The van der Waals surface area contributed by atoms with E-state index < -0.39 is 18.8 Å². The van der Waals surface area contributed by atoms with Crippen molar-refractivity contribution >= 4 is 22.2 Å². The summed E-state index contributed by atoms with van der Waals surface area (Å²) >= 11 is 2.58. The third-order valence-corrected chi connectivity index (χ3v) is 2.79. The number of ether oxygens (including phenoxy) is 1. The van der Waals surface area contributed by atoms with E-state index in [1.54, 1.807) is 0 Å². The molecule has 0 heterocycles. The highest BCUT2D eigenvalue weighted by molar-refractivity contribution is 9.07. The summed E-state index contributed by atoms with van der Waals surface area (Å²) in [4.78, 5) is 11.6. The summed E-state index contributed by atoms with van der Waals surface area (Å²) in [6.07, 6.45) is -4.54. The first-order valence-electron chi connectivity index (χ1n) is 6.22. The molecule has 0 spiro atoms. The molecule has 0 bridgehead atoms. The van der Waals surface area contributed by atoms with Gasteiger partial charge < -0.3 is 4.74 Å². The van der Waals surface area contributed by atoms with Crippen molar-refractivity contribution in [2.75, 3.05) is 6.54 Å². The molecule has 0 aromatic rings. The standard InChI is InChI=1S/C12H21BrF3NO2/c1-8(2)5-10(6-9(3)4)19-11(18)17(13)7-12(14,15)16/h8-10H,5-7H2,1-4H3. The molecule has 0 aliphatic rings. The summed E-state index contributed by atoms with van der Waals surface area (Å²) in [6.45, 7) is 6.53. The Labute approximate surface area is 120 Å². The van der Waals surface area contributed by atoms with Gasteiger partial charge in [-0.15, -0.1) is 0 Å². The Kier molecular flexibility index (Phi) is 7.78. The van der Waals surface area contributed by atoms with Gasteiger partial charge in [-0.1, -0.05) is 27.7 Å². The number of amides is 1. The van der Waals surface area contributed by atoms with Gasteiger partial charge in [-0.3, -0.25) is 0 Å². The zero-order valence-electron chi connectivity index (χ0n) is 11.6. The van der Waals surface area contributed by atoms with Gasteiger partial charge in [0.25, 0.3) is 0 Å². The molecular weight excluding hydrogens is 327 g/mol. The van der Waals surface area contributed by atoms with Crippen molar-refractivity contribution in [3.05, 3.63) is 0 Å². The van der Waals surface area contributed by atoms with Crippen LogP contribution in [0.2, 0.25) is 0 Å². The van der Waals surface area contributed by atoms with Crippen LogP contribution in [0.15, 0.2) is 0 Å². The van der Waals surface area contributed by atoms with Gasteiger partial charge >= 0.3 is 12.3 Å². The second-order valence-electron chi connectivity index (χ2n) is 5.40. The van der Waals surface area contributed by atoms with Gasteiger partial charge in [0.1, 0.15) is 12.6 Å². The summed E-state index contributed by atoms with van der Waals surface area (Å²) in [5.74, 6) is 0.617. The normalized spacial score (nSPS) is 12.4. The fraction of sp³-hybridized carbons (Fsp3) is 0.917. The monoisotopic (exact) mass is 347 g/mol. The summed E-state index contributed by atoms with van der Waals surface area (Å²) in [5, 5.41) is 0. The van der Waals surface area contributed by atoms with E-state index in [-0.39, 0.29) is 6.10 Å². The first-order chi connectivity index (χ1) is 8.51. The van der Waals surface area contributed by atoms with Crippen molar-refractivity contribution in [2.24, 2.45) is 11.8 Å². The zero-order chi connectivity index (χ0) is 15.2. The highest BCUT2D eigenvalue weighted by Gasteiger charge is 2.33. The number of halogens is 4. The van der Waals surface area contributed by atoms with Crippen molar-refractivity contribution in [2.45, 2.75) is 52.8 Å². The zero-order valence-corrected chi connectivity index (χ0v) is 13.2. The van der Waals surface area contributed by atoms with Gasteiger partial charge in [-0.05, 0) is 24.7 Å². The molecule has 0 fully saturated rings. The number of hydrogen-bond acceptors (Lipinski definition) is 2. The lowest BCUT2D eigenvalue weighted by atomic mass is 9.98. The van der Waals surface area contributed by atoms with E-state index >= 15 is 0 Å². The van der Waals surface area contributed by atoms with E-state index in [4.69, 9.17) is 4.74 Å². The largest absolute Gasteiger partial charge is 0.445 e. The number of nitrogens with zero attached hydrogens (tertiary/aromatic N) is 1. The van der Waals surface area contributed by atoms with Crippen molar-refractivity contribution in [3.8, 4) is 0 Å². The molecule has 0 rings (SSSR count). The molecule has 19 heavy (non-hydrogen) atoms. The minimum Gasteiger partial charge on any atom is -0.445 e. The average molecular weight is 348 g/mol. The van der Waals surface area contributed by atoms with E-state index in [1.165, 1.54) is 0 Å². The third kappa shape index (κ3) is 10.0. The smallest absolute Gasteiger partial charge is 0.420 e. The molecular formula is C12H21BrF3NO2. The number of alkyl halides is 3. The van der Waals surface area contributed by atoms with Crippen LogP contribution in [0.3, 0.4) is 0 Å². The van der Waals surface area contributed by atoms with E-state index in [0.29, 0.717) is 28.6 Å². The molecule has 0 unspecified atom stereocenters. The van der Waals surface area contributed by atoms with E-state index in [2.05, 4.69) is 16.1 Å². The maximum absolute atomic E-state index is 12.1. The Morgan fingerprint density at radius 2 is 1.58 bits per heavy atom. The van der Waals surface area contributed by atoms with Crippen LogP contribution in [0, 0.1) is 11.8 Å². The lowest BCUT2D eigenvalue weighted by molar-refractivity contribution is -0.133. The van der Waals surface area contributed by atoms with Gasteiger partial charge in [0.2, 0.25) is 0 Å². The SMILES string of the molecule is CC(C)CC(CC(C)C)OC(=O)N(Br)CC(F)(F)F. The molecule has 0 atom stereocenters.